The highest BCUT2D eigenvalue weighted by Crippen LogP contribution is 2.21. The predicted octanol–water partition coefficient (Wildman–Crippen LogP) is 4.61. The number of aromatic nitrogens is 3. The lowest BCUT2D eigenvalue weighted by Gasteiger charge is -2.21. The molecule has 0 saturated heterocycles. The number of nitrogens with zero attached hydrogens (tertiary/aromatic N) is 4. The maximum Gasteiger partial charge on any atom is 0.420 e. The molecule has 0 bridgehead atoms. The summed E-state index contributed by atoms with van der Waals surface area (Å²) in [7, 11) is 1.97. The molecule has 0 spiro atoms. The van der Waals surface area contributed by atoms with Crippen LogP contribution in [0.2, 0.25) is 0 Å². The largest absolute Gasteiger partial charge is 0.443 e. The van der Waals surface area contributed by atoms with Gasteiger partial charge < -0.3 is 4.74 Å². The van der Waals surface area contributed by atoms with E-state index in [4.69, 9.17) is 4.74 Å². The molecule has 142 valence electrons. The number of ether oxygens (including phenoxy) is 1. The monoisotopic (exact) mass is 430 g/mol. The van der Waals surface area contributed by atoms with Crippen LogP contribution in [0.3, 0.4) is 0 Å². The molecule has 1 aromatic carbocycles. The summed E-state index contributed by atoms with van der Waals surface area (Å²) in [6.45, 7) is 6.67. The Hall–Kier alpha value is -2.25. The van der Waals surface area contributed by atoms with Gasteiger partial charge in [0.15, 0.2) is 0 Å². The zero-order chi connectivity index (χ0) is 19.6. The van der Waals surface area contributed by atoms with E-state index in [1.165, 1.54) is 0 Å². The average Bonchev–Trinajstić information content (AvgIpc) is 2.93. The van der Waals surface area contributed by atoms with Gasteiger partial charge in [0.05, 0.1) is 23.3 Å². The number of halogens is 1. The topological polar surface area (TPSA) is 60.2 Å². The van der Waals surface area contributed by atoms with E-state index in [1.807, 2.05) is 64.2 Å². The average molecular weight is 431 g/mol. The van der Waals surface area contributed by atoms with Crippen molar-refractivity contribution in [2.45, 2.75) is 39.5 Å². The highest BCUT2D eigenvalue weighted by atomic mass is 79.9. The van der Waals surface area contributed by atoms with Crippen LogP contribution in [-0.4, -0.2) is 38.2 Å². The number of benzene rings is 1. The number of carbonyl (C=O) groups is 1. The summed E-state index contributed by atoms with van der Waals surface area (Å²) >= 11 is 3.52. The first-order valence-corrected chi connectivity index (χ1v) is 9.51. The molecular weight excluding hydrogens is 408 g/mol. The van der Waals surface area contributed by atoms with Crippen molar-refractivity contribution in [3.63, 3.8) is 0 Å². The summed E-state index contributed by atoms with van der Waals surface area (Å²) in [5, 5.41) is 0. The molecule has 0 aliphatic heterocycles. The summed E-state index contributed by atoms with van der Waals surface area (Å²) < 4.78 is 8.11. The molecule has 0 atom stereocenters. The van der Waals surface area contributed by atoms with Gasteiger partial charge >= 0.3 is 6.09 Å². The number of pyridine rings is 1. The number of hydrogen-bond donors (Lipinski definition) is 0. The van der Waals surface area contributed by atoms with Crippen LogP contribution >= 0.6 is 15.9 Å². The molecule has 0 radical (unpaired) electrons. The molecule has 2 aromatic heterocycles. The van der Waals surface area contributed by atoms with Crippen molar-refractivity contribution in [2.75, 3.05) is 7.05 Å². The Morgan fingerprint density at radius 1 is 1.19 bits per heavy atom. The first kappa shape index (κ1) is 19.5. The molecule has 3 rings (SSSR count). The summed E-state index contributed by atoms with van der Waals surface area (Å²) in [5.41, 5.74) is 1.87. The SMILES string of the molecule is CN(Cc1ncccc1Br)Cc1nc2ccccc2n1C(=O)OC(C)(C)C. The van der Waals surface area contributed by atoms with Crippen molar-refractivity contribution in [3.8, 4) is 0 Å². The summed E-state index contributed by atoms with van der Waals surface area (Å²) in [4.78, 5) is 23.9. The summed E-state index contributed by atoms with van der Waals surface area (Å²) in [6.07, 6.45) is 1.35. The fraction of sp³-hybridized carbons (Fsp3) is 0.350. The van der Waals surface area contributed by atoms with Crippen molar-refractivity contribution in [1.29, 1.82) is 0 Å². The first-order valence-electron chi connectivity index (χ1n) is 8.72. The number of fused-ring (bicyclic) bond motifs is 1. The smallest absolute Gasteiger partial charge is 0.420 e. The molecule has 27 heavy (non-hydrogen) atoms. The second-order valence-corrected chi connectivity index (χ2v) is 8.29. The third kappa shape index (κ3) is 4.73. The molecule has 2 heterocycles. The Balaban J connectivity index is 1.90. The standard InChI is InChI=1S/C20H23BrN4O2/c1-20(2,3)27-19(26)25-17-10-6-5-9-15(17)23-18(25)13-24(4)12-16-14(21)8-7-11-22-16/h5-11H,12-13H2,1-4H3. The molecule has 0 N–H and O–H groups in total. The normalized spacial score (nSPS) is 11.9. The minimum absolute atomic E-state index is 0.418. The van der Waals surface area contributed by atoms with E-state index in [0.717, 1.165) is 21.2 Å². The minimum atomic E-state index is -0.579. The highest BCUT2D eigenvalue weighted by molar-refractivity contribution is 9.10. The molecule has 0 saturated carbocycles. The van der Waals surface area contributed by atoms with Crippen LogP contribution in [-0.2, 0) is 17.8 Å². The zero-order valence-electron chi connectivity index (χ0n) is 15.9. The van der Waals surface area contributed by atoms with Crippen LogP contribution in [0.1, 0.15) is 32.3 Å². The number of hydrogen-bond acceptors (Lipinski definition) is 5. The fourth-order valence-corrected chi connectivity index (χ4v) is 3.16. The molecule has 0 aliphatic rings. The highest BCUT2D eigenvalue weighted by Gasteiger charge is 2.23. The van der Waals surface area contributed by atoms with Crippen LogP contribution in [0.15, 0.2) is 47.1 Å². The minimum Gasteiger partial charge on any atom is -0.443 e. The van der Waals surface area contributed by atoms with Crippen LogP contribution in [0.4, 0.5) is 4.79 Å². The third-order valence-electron chi connectivity index (χ3n) is 3.87. The fourth-order valence-electron chi connectivity index (χ4n) is 2.78. The quantitative estimate of drug-likeness (QED) is 0.604. The lowest BCUT2D eigenvalue weighted by molar-refractivity contribution is 0.0535. The molecule has 3 aromatic rings. The maximum atomic E-state index is 12.8. The summed E-state index contributed by atoms with van der Waals surface area (Å²) in [5.74, 6) is 0.639. The van der Waals surface area contributed by atoms with Crippen molar-refractivity contribution in [3.05, 3.63) is 58.6 Å². The molecular formula is C20H23BrN4O2. The van der Waals surface area contributed by atoms with Gasteiger partial charge in [0.2, 0.25) is 0 Å². The van der Waals surface area contributed by atoms with E-state index in [0.29, 0.717) is 18.9 Å². The van der Waals surface area contributed by atoms with Gasteiger partial charge in [-0.2, -0.15) is 0 Å². The number of para-hydroxylation sites is 2. The predicted molar refractivity (Wildman–Crippen MR) is 108 cm³/mol. The van der Waals surface area contributed by atoms with E-state index < -0.39 is 11.7 Å². The van der Waals surface area contributed by atoms with E-state index in [-0.39, 0.29) is 0 Å². The molecule has 0 fully saturated rings. The Morgan fingerprint density at radius 3 is 2.63 bits per heavy atom. The van der Waals surface area contributed by atoms with Gasteiger partial charge in [0.1, 0.15) is 11.4 Å². The van der Waals surface area contributed by atoms with Crippen molar-refractivity contribution in [2.24, 2.45) is 0 Å². The van der Waals surface area contributed by atoms with Gasteiger partial charge in [-0.25, -0.2) is 14.3 Å². The number of imidazole rings is 1. The van der Waals surface area contributed by atoms with Crippen molar-refractivity contribution in [1.82, 2.24) is 19.4 Å². The first-order chi connectivity index (χ1) is 12.7. The second kappa shape index (κ2) is 7.78. The van der Waals surface area contributed by atoms with Gasteiger partial charge in [-0.1, -0.05) is 12.1 Å². The van der Waals surface area contributed by atoms with Crippen LogP contribution in [0.25, 0.3) is 11.0 Å². The van der Waals surface area contributed by atoms with Gasteiger partial charge in [-0.15, -0.1) is 0 Å². The van der Waals surface area contributed by atoms with E-state index in [9.17, 15) is 4.79 Å². The Kier molecular flexibility index (Phi) is 5.62. The van der Waals surface area contributed by atoms with Gasteiger partial charge in [-0.3, -0.25) is 9.88 Å². The lowest BCUT2D eigenvalue weighted by Crippen LogP contribution is -2.29. The molecule has 0 unspecified atom stereocenters. The second-order valence-electron chi connectivity index (χ2n) is 7.44. The summed E-state index contributed by atoms with van der Waals surface area (Å²) in [6, 6.07) is 11.4. The zero-order valence-corrected chi connectivity index (χ0v) is 17.5. The van der Waals surface area contributed by atoms with E-state index in [2.05, 4.69) is 30.8 Å². The van der Waals surface area contributed by atoms with Crippen LogP contribution in [0.5, 0.6) is 0 Å². The Labute approximate surface area is 167 Å². The van der Waals surface area contributed by atoms with Gasteiger partial charge in [0.25, 0.3) is 0 Å². The number of rotatable bonds is 4. The molecule has 0 amide bonds. The van der Waals surface area contributed by atoms with E-state index in [1.54, 1.807) is 10.8 Å². The maximum absolute atomic E-state index is 12.8. The number of carbonyl (C=O) groups excluding carboxylic acids is 1. The van der Waals surface area contributed by atoms with Crippen LogP contribution in [0, 0.1) is 0 Å². The van der Waals surface area contributed by atoms with Crippen molar-refractivity contribution >= 4 is 33.1 Å². The third-order valence-corrected chi connectivity index (χ3v) is 4.59. The van der Waals surface area contributed by atoms with Crippen LogP contribution < -0.4 is 0 Å². The van der Waals surface area contributed by atoms with Gasteiger partial charge in [-0.05, 0) is 68.0 Å². The molecule has 0 aliphatic carbocycles. The molecule has 7 heteroatoms. The van der Waals surface area contributed by atoms with Crippen molar-refractivity contribution < 1.29 is 9.53 Å². The van der Waals surface area contributed by atoms with Gasteiger partial charge in [0, 0.05) is 17.2 Å². The lowest BCUT2D eigenvalue weighted by atomic mass is 10.2. The Morgan fingerprint density at radius 2 is 1.93 bits per heavy atom. The van der Waals surface area contributed by atoms with E-state index >= 15 is 0 Å². The molecule has 6 nitrogen and oxygen atoms in total. The Bertz CT molecular complexity index is 962.